The fraction of sp³-hybridized carbons (Fsp3) is 0.467. The van der Waals surface area contributed by atoms with Crippen LogP contribution in [0.5, 0.6) is 34.5 Å². The summed E-state index contributed by atoms with van der Waals surface area (Å²) in [5.74, 6) is -1.83. The number of benzene rings is 3. The number of rotatable bonds is 24. The van der Waals surface area contributed by atoms with Gasteiger partial charge in [0.05, 0.1) is 41.2 Å². The van der Waals surface area contributed by atoms with E-state index in [-0.39, 0.29) is 59.5 Å². The molecule has 0 aliphatic heterocycles. The molecule has 0 atom stereocenters. The van der Waals surface area contributed by atoms with Crippen molar-refractivity contribution in [2.45, 2.75) is 59.3 Å². The van der Waals surface area contributed by atoms with Crippen molar-refractivity contribution in [3.8, 4) is 34.5 Å². The second-order valence-corrected chi connectivity index (χ2v) is 13.5. The molecule has 0 unspecified atom stereocenters. The van der Waals surface area contributed by atoms with Gasteiger partial charge in [-0.15, -0.1) is 0 Å². The third-order valence-electron chi connectivity index (χ3n) is 9.19. The molecule has 3 aromatic rings. The van der Waals surface area contributed by atoms with Crippen LogP contribution in [0.3, 0.4) is 0 Å². The molecule has 1 aliphatic rings. The molecule has 18 nitrogen and oxygen atoms in total. The van der Waals surface area contributed by atoms with E-state index in [2.05, 4.69) is 0 Å². The number of hydrogen-bond acceptors (Lipinski definition) is 18. The predicted octanol–water partition coefficient (Wildman–Crippen LogP) is 4.42. The Labute approximate surface area is 365 Å². The van der Waals surface area contributed by atoms with E-state index in [9.17, 15) is 28.8 Å². The average Bonchev–Trinajstić information content (AvgIpc) is 3.30. The first kappa shape index (κ1) is 48.9. The quantitative estimate of drug-likeness (QED) is 0.0412. The molecule has 0 saturated carbocycles. The van der Waals surface area contributed by atoms with Crippen molar-refractivity contribution in [1.82, 2.24) is 0 Å². The van der Waals surface area contributed by atoms with Gasteiger partial charge < -0.3 is 56.8 Å². The Morgan fingerprint density at radius 1 is 0.349 bits per heavy atom. The second-order valence-electron chi connectivity index (χ2n) is 13.5. The minimum atomic E-state index is -0.740. The fourth-order valence-corrected chi connectivity index (χ4v) is 6.42. The Balaban J connectivity index is 1.66. The van der Waals surface area contributed by atoms with Crippen LogP contribution in [0, 0.1) is 0 Å². The molecule has 3 aromatic carbocycles. The molecule has 342 valence electrons. The van der Waals surface area contributed by atoms with Crippen molar-refractivity contribution < 1.29 is 85.6 Å². The summed E-state index contributed by atoms with van der Waals surface area (Å²) in [6.07, 6.45) is -0.309. The number of hydrogen-bond donors (Lipinski definition) is 0. The Bertz CT molecular complexity index is 1840. The van der Waals surface area contributed by atoms with Gasteiger partial charge >= 0.3 is 35.8 Å². The molecule has 0 N–H and O–H groups in total. The molecular formula is C45H54O18. The van der Waals surface area contributed by atoms with Gasteiger partial charge in [-0.1, -0.05) is 0 Å². The summed E-state index contributed by atoms with van der Waals surface area (Å²) in [6, 6.07) is 11.2. The van der Waals surface area contributed by atoms with E-state index in [1.807, 2.05) is 36.4 Å². The van der Waals surface area contributed by atoms with Crippen molar-refractivity contribution in [2.24, 2.45) is 0 Å². The van der Waals surface area contributed by atoms with Gasteiger partial charge in [-0.25, -0.2) is 0 Å². The maximum absolute atomic E-state index is 12.1. The summed E-state index contributed by atoms with van der Waals surface area (Å²) in [4.78, 5) is 71.4. The van der Waals surface area contributed by atoms with E-state index >= 15 is 0 Å². The topological polar surface area (TPSA) is 213 Å². The lowest BCUT2D eigenvalue weighted by Gasteiger charge is -2.18. The number of methoxy groups -OCH3 is 3. The molecule has 0 spiro atoms. The summed E-state index contributed by atoms with van der Waals surface area (Å²) < 4.78 is 65.4. The van der Waals surface area contributed by atoms with E-state index in [1.54, 1.807) is 20.8 Å². The Morgan fingerprint density at radius 3 is 0.794 bits per heavy atom. The lowest BCUT2D eigenvalue weighted by atomic mass is 9.94. The maximum Gasteiger partial charge on any atom is 0.317 e. The van der Waals surface area contributed by atoms with Crippen LogP contribution in [0.15, 0.2) is 36.4 Å². The van der Waals surface area contributed by atoms with Crippen molar-refractivity contribution in [2.75, 3.05) is 80.8 Å². The molecule has 1 aliphatic carbocycles. The molecule has 18 heteroatoms. The molecule has 0 radical (unpaired) electrons. The van der Waals surface area contributed by atoms with Gasteiger partial charge in [0.1, 0.15) is 58.9 Å². The molecule has 0 saturated heterocycles. The largest absolute Gasteiger partial charge is 0.493 e. The highest BCUT2D eigenvalue weighted by molar-refractivity contribution is 5.92. The minimum absolute atomic E-state index is 0.0333. The average molecular weight is 883 g/mol. The van der Waals surface area contributed by atoms with Crippen LogP contribution in [0.2, 0.25) is 0 Å². The highest BCUT2D eigenvalue weighted by Crippen LogP contribution is 2.41. The zero-order valence-electron chi connectivity index (χ0n) is 36.4. The molecule has 0 amide bonds. The van der Waals surface area contributed by atoms with Crippen molar-refractivity contribution in [1.29, 1.82) is 0 Å². The summed E-state index contributed by atoms with van der Waals surface area (Å²) in [6.45, 7) is 4.87. The SMILES string of the molecule is CCOC(=O)CC(=O)OCCOc1cc2c(cc1OC)Cc1cc(OCCOC(=O)CC(=O)OCC)c(OC)cc1Cc1cc(OCCOC(=O)CC(=O)OCC)c(OC)cc1C2. The van der Waals surface area contributed by atoms with Gasteiger partial charge in [0, 0.05) is 0 Å². The minimum Gasteiger partial charge on any atom is -0.493 e. The van der Waals surface area contributed by atoms with Gasteiger partial charge in [-0.05, 0) is 110 Å². The van der Waals surface area contributed by atoms with E-state index in [4.69, 9.17) is 56.8 Å². The smallest absolute Gasteiger partial charge is 0.317 e. The highest BCUT2D eigenvalue weighted by atomic mass is 16.6. The predicted molar refractivity (Wildman–Crippen MR) is 221 cm³/mol. The van der Waals surface area contributed by atoms with E-state index < -0.39 is 55.1 Å². The molecule has 0 fully saturated rings. The van der Waals surface area contributed by atoms with Crippen LogP contribution in [0.1, 0.15) is 73.4 Å². The molecule has 0 heterocycles. The van der Waals surface area contributed by atoms with E-state index in [0.29, 0.717) is 53.8 Å². The van der Waals surface area contributed by atoms with E-state index in [0.717, 1.165) is 33.4 Å². The number of carbonyl (C=O) groups excluding carboxylic acids is 6. The van der Waals surface area contributed by atoms with Gasteiger partial charge in [0.2, 0.25) is 0 Å². The summed E-state index contributed by atoms with van der Waals surface area (Å²) in [5.41, 5.74) is 5.28. The summed E-state index contributed by atoms with van der Waals surface area (Å²) in [5, 5.41) is 0. The third kappa shape index (κ3) is 15.3. The van der Waals surface area contributed by atoms with Gasteiger partial charge in [0.15, 0.2) is 34.5 Å². The van der Waals surface area contributed by atoms with Gasteiger partial charge in [0.25, 0.3) is 0 Å². The van der Waals surface area contributed by atoms with E-state index in [1.165, 1.54) is 21.3 Å². The van der Waals surface area contributed by atoms with Crippen LogP contribution in [-0.2, 0) is 76.5 Å². The molecule has 0 bridgehead atoms. The molecule has 63 heavy (non-hydrogen) atoms. The van der Waals surface area contributed by atoms with Crippen molar-refractivity contribution in [3.05, 3.63) is 69.8 Å². The number of fused-ring (bicyclic) bond motifs is 3. The summed E-state index contributed by atoms with van der Waals surface area (Å²) >= 11 is 0. The highest BCUT2D eigenvalue weighted by Gasteiger charge is 2.23. The fourth-order valence-electron chi connectivity index (χ4n) is 6.42. The first-order valence-corrected chi connectivity index (χ1v) is 20.3. The van der Waals surface area contributed by atoms with Crippen LogP contribution >= 0.6 is 0 Å². The Morgan fingerprint density at radius 2 is 0.571 bits per heavy atom. The van der Waals surface area contributed by atoms with Crippen molar-refractivity contribution >= 4 is 35.8 Å². The lowest BCUT2D eigenvalue weighted by Crippen LogP contribution is -2.17. The zero-order chi connectivity index (χ0) is 45.7. The van der Waals surface area contributed by atoms with Crippen molar-refractivity contribution in [3.63, 3.8) is 0 Å². The zero-order valence-corrected chi connectivity index (χ0v) is 36.4. The molecule has 4 rings (SSSR count). The number of carbonyl (C=O) groups is 6. The molecular weight excluding hydrogens is 828 g/mol. The Kier molecular flexibility index (Phi) is 19.6. The summed E-state index contributed by atoms with van der Waals surface area (Å²) in [7, 11) is 4.53. The second kappa shape index (κ2) is 25.3. The standard InChI is InChI=1S/C45H54O18/c1-7-55-40(46)25-43(49)61-13-10-58-37-22-31-16-29-20-35(53-5)39(60-12-15-63-45(51)27-42(48)57-9-3)24-33(29)18-30-21-36(54-6)38(23-32(30)17-28(31)19-34(37)52-4)59-11-14-62-44(50)26-41(47)56-8-2/h19-24H,7-18,25-27H2,1-6H3. The van der Waals surface area contributed by atoms with Crippen LogP contribution < -0.4 is 28.4 Å². The van der Waals surface area contributed by atoms with Crippen LogP contribution in [0.25, 0.3) is 0 Å². The molecule has 0 aromatic heterocycles. The number of esters is 6. The first-order valence-electron chi connectivity index (χ1n) is 20.3. The maximum atomic E-state index is 12.1. The first-order chi connectivity index (χ1) is 30.4. The Hall–Kier alpha value is -6.72. The van der Waals surface area contributed by atoms with Crippen LogP contribution in [0.4, 0.5) is 0 Å². The number of ether oxygens (including phenoxy) is 12. The lowest BCUT2D eigenvalue weighted by molar-refractivity contribution is -0.156. The van der Waals surface area contributed by atoms with Gasteiger partial charge in [-0.3, -0.25) is 28.8 Å². The van der Waals surface area contributed by atoms with Crippen LogP contribution in [-0.4, -0.2) is 117 Å². The third-order valence-corrected chi connectivity index (χ3v) is 9.19. The normalized spacial score (nSPS) is 11.3. The monoisotopic (exact) mass is 882 g/mol. The van der Waals surface area contributed by atoms with Gasteiger partial charge in [-0.2, -0.15) is 0 Å².